The Morgan fingerprint density at radius 2 is 0.742 bits per heavy atom. The number of nitrogens with zero attached hydrogens (tertiary/aromatic N) is 16. The van der Waals surface area contributed by atoms with Crippen molar-refractivity contribution in [3.8, 4) is 17.2 Å². The van der Waals surface area contributed by atoms with Crippen LogP contribution < -0.4 is 31.4 Å². The van der Waals surface area contributed by atoms with Crippen LogP contribution in [0.15, 0.2) is 104 Å². The fraction of sp³-hybridized carbons (Fsp3) is 0.525. The highest BCUT2D eigenvalue weighted by Crippen LogP contribution is 2.43. The lowest BCUT2D eigenvalue weighted by Gasteiger charge is -2.42. The molecule has 12 aromatic rings. The number of aromatic amines is 3. The van der Waals surface area contributed by atoms with Crippen molar-refractivity contribution in [2.24, 2.45) is 17.8 Å². The highest BCUT2D eigenvalue weighted by molar-refractivity contribution is 5.87. The summed E-state index contributed by atoms with van der Waals surface area (Å²) in [4.78, 5) is 58.8. The van der Waals surface area contributed by atoms with Crippen LogP contribution in [-0.4, -0.2) is 256 Å². The number of alkyl halides is 6. The topological polar surface area (TPSA) is 456 Å². The number of aromatic nitrogens is 16. The largest absolute Gasteiger partial charge is 0.433 e. The van der Waals surface area contributed by atoms with Gasteiger partial charge in [-0.3, -0.25) is 4.57 Å². The molecule has 3 aliphatic carbocycles. The van der Waals surface area contributed by atoms with Crippen molar-refractivity contribution in [2.45, 2.75) is 208 Å². The Morgan fingerprint density at radius 3 is 1.07 bits per heavy atom. The molecule has 642 valence electrons. The average Bonchev–Trinajstić information content (AvgIpc) is 1.63. The van der Waals surface area contributed by atoms with Crippen LogP contribution in [0.3, 0.4) is 0 Å². The number of aliphatic hydroxyl groups excluding tert-OH is 6. The molecule has 120 heavy (non-hydrogen) atoms. The SMILES string of the molecule is CN(C[C@H]1O[C@@H](n2ccc3c(N)ncnc32)[C@H](O)[C@@H]1O)C1CC(CCc2nc3ccc(OC(C)(F)F)cc3[nH]2)C1.CN(C[C@H]1O[C@@H](n2ccc3c(N)ncnc32)[C@H](O)[C@@H]1O)C1CC(CCc2nc3ccc(OC(C)(F)F)cc3[nH]2)C1.CN(C[C@H]1O[C@@H](n2cnc3c(N)ncnc32)[C@H](O)[C@@H]1O)C1CC(CCc2nc3ccc(OC(C)(F)F)cc3[nH]2)C1. The third-order valence-electron chi connectivity index (χ3n) is 24.0. The Bertz CT molecular complexity index is 5030. The van der Waals surface area contributed by atoms with Crippen molar-refractivity contribution in [1.82, 2.24) is 93.2 Å². The number of nitrogens with one attached hydrogen (secondary N) is 3. The first-order valence-electron chi connectivity index (χ1n) is 40.1. The second kappa shape index (κ2) is 33.6. The van der Waals surface area contributed by atoms with Crippen LogP contribution in [0.25, 0.3) is 66.3 Å². The highest BCUT2D eigenvalue weighted by atomic mass is 19.3. The monoisotopic (exact) mass is 1670 g/mol. The van der Waals surface area contributed by atoms with Crippen LogP contribution in [0, 0.1) is 17.8 Å². The molecule has 0 amide bonds. The number of H-pyrrole nitrogens is 3. The Morgan fingerprint density at radius 1 is 0.425 bits per heavy atom. The number of benzene rings is 3. The number of nitrogens with two attached hydrogens (primary N) is 3. The summed E-state index contributed by atoms with van der Waals surface area (Å²) in [6.07, 6.45) is -0.190. The first kappa shape index (κ1) is 83.4. The van der Waals surface area contributed by atoms with Crippen LogP contribution >= 0.6 is 0 Å². The molecule has 6 aliphatic rings. The van der Waals surface area contributed by atoms with Gasteiger partial charge in [-0.25, -0.2) is 49.8 Å². The van der Waals surface area contributed by atoms with Crippen molar-refractivity contribution in [3.05, 3.63) is 122 Å². The normalized spacial score (nSPS) is 27.1. The summed E-state index contributed by atoms with van der Waals surface area (Å²) in [5.74, 6) is 5.23. The summed E-state index contributed by atoms with van der Waals surface area (Å²) in [5, 5.41) is 65.8. The number of imidazole rings is 4. The third-order valence-corrected chi connectivity index (χ3v) is 24.0. The standard InChI is InChI=1S/2C27H33F2N7O4.C26H32F2N8O4/c2*1-27(28,29)40-16-4-5-18-19(11-16)34-21(33-18)6-3-14-9-15(10-14)35(2)12-20-22(37)23(38)26(39-20)36-8-7-17-24(30)31-13-32-25(17)36;1-26(27,28)40-15-4-5-16-17(9-15)34-19(33-16)6-3-13-7-14(8-13)35(2)10-18-21(37)22(38)25(39-18)36-12-32-20-23(29)30-11-31-24(20)36/h2*4-5,7-8,11,13-15,20,22-23,26,37-38H,3,6,9-10,12H2,1-2H3,(H,33,34)(H2,30,31,32);4-5,9,11-14,18,21-22,25,37-38H,3,6-8,10H2,1-2H3,(H,33,34)(H2,29,30,31)/t2*14?,15?,20-,22-,23-,26-;13?,14?,18-,21-,22-,25-/m111/s1. The average molecular weight is 1670 g/mol. The molecule has 18 rings (SSSR count). The zero-order chi connectivity index (χ0) is 84.5. The van der Waals surface area contributed by atoms with E-state index in [1.165, 1.54) is 49.6 Å². The number of hydrogen-bond donors (Lipinski definition) is 12. The number of aliphatic hydroxyl groups is 6. The minimum Gasteiger partial charge on any atom is -0.433 e. The van der Waals surface area contributed by atoms with Gasteiger partial charge in [0, 0.05) is 108 Å². The maximum Gasteiger partial charge on any atom is 0.394 e. The number of hydrogen-bond acceptors (Lipinski definition) is 28. The van der Waals surface area contributed by atoms with Crippen molar-refractivity contribution >= 4 is 83.8 Å². The van der Waals surface area contributed by atoms with Crippen LogP contribution in [0.5, 0.6) is 17.2 Å². The molecule has 3 aliphatic heterocycles. The fourth-order valence-corrected chi connectivity index (χ4v) is 17.3. The first-order valence-corrected chi connectivity index (χ1v) is 40.1. The van der Waals surface area contributed by atoms with Crippen molar-refractivity contribution in [2.75, 3.05) is 58.0 Å². The van der Waals surface area contributed by atoms with E-state index in [-0.39, 0.29) is 23.1 Å². The highest BCUT2D eigenvalue weighted by Gasteiger charge is 2.49. The van der Waals surface area contributed by atoms with E-state index in [0.717, 1.165) is 94.5 Å². The van der Waals surface area contributed by atoms with E-state index in [2.05, 4.69) is 93.7 Å². The molecule has 12 atom stereocenters. The molecule has 12 heterocycles. The molecule has 0 unspecified atom stereocenters. The number of anilines is 3. The van der Waals surface area contributed by atoms with Crippen LogP contribution in [-0.2, 0) is 33.5 Å². The summed E-state index contributed by atoms with van der Waals surface area (Å²) >= 11 is 0. The molecular formula is C80H98F6N22O12. The van der Waals surface area contributed by atoms with Gasteiger partial charge in [0.2, 0.25) is 0 Å². The number of nitrogen functional groups attached to an aromatic ring is 3. The second-order valence-corrected chi connectivity index (χ2v) is 32.9. The van der Waals surface area contributed by atoms with Gasteiger partial charge >= 0.3 is 18.3 Å². The predicted octanol–water partition coefficient (Wildman–Crippen LogP) is 7.93. The molecule has 0 spiro atoms. The van der Waals surface area contributed by atoms with Gasteiger partial charge in [-0.2, -0.15) is 26.3 Å². The molecule has 3 saturated carbocycles. The number of fused-ring (bicyclic) bond motifs is 6. The van der Waals surface area contributed by atoms with Crippen LogP contribution in [0.1, 0.15) is 115 Å². The Kier molecular flexibility index (Phi) is 23.4. The summed E-state index contributed by atoms with van der Waals surface area (Å²) in [6, 6.07) is 18.7. The molecule has 6 fully saturated rings. The lowest BCUT2D eigenvalue weighted by Crippen LogP contribution is -2.47. The van der Waals surface area contributed by atoms with Gasteiger partial charge in [-0.15, -0.1) is 0 Å². The van der Waals surface area contributed by atoms with Crippen LogP contribution in [0.2, 0.25) is 0 Å². The van der Waals surface area contributed by atoms with Gasteiger partial charge in [-0.1, -0.05) is 0 Å². The molecule has 9 aromatic heterocycles. The smallest absolute Gasteiger partial charge is 0.394 e. The second-order valence-electron chi connectivity index (χ2n) is 32.9. The summed E-state index contributed by atoms with van der Waals surface area (Å²) in [7, 11) is 6.01. The van der Waals surface area contributed by atoms with Gasteiger partial charge in [0.1, 0.15) is 137 Å². The van der Waals surface area contributed by atoms with Crippen molar-refractivity contribution in [3.63, 3.8) is 0 Å². The molecule has 34 nitrogen and oxygen atoms in total. The number of ether oxygens (including phenoxy) is 6. The van der Waals surface area contributed by atoms with E-state index >= 15 is 0 Å². The van der Waals surface area contributed by atoms with Crippen molar-refractivity contribution in [1.29, 1.82) is 0 Å². The van der Waals surface area contributed by atoms with E-state index in [1.54, 1.807) is 68.6 Å². The number of aryl methyl sites for hydroxylation is 3. The van der Waals surface area contributed by atoms with Gasteiger partial charge in [0.15, 0.2) is 30.1 Å². The van der Waals surface area contributed by atoms with E-state index < -0.39 is 91.9 Å². The van der Waals surface area contributed by atoms with Crippen LogP contribution in [0.4, 0.5) is 43.8 Å². The molecule has 3 saturated heterocycles. The summed E-state index contributed by atoms with van der Waals surface area (Å²) in [5.41, 5.74) is 23.8. The van der Waals surface area contributed by atoms with Gasteiger partial charge in [0.05, 0.1) is 50.2 Å². The van der Waals surface area contributed by atoms with E-state index in [9.17, 15) is 57.0 Å². The molecule has 0 bridgehead atoms. The Labute approximate surface area is 682 Å². The molecule has 0 radical (unpaired) electrons. The van der Waals surface area contributed by atoms with E-state index in [1.807, 2.05) is 21.1 Å². The van der Waals surface area contributed by atoms with E-state index in [4.69, 9.17) is 31.4 Å². The molecule has 15 N–H and O–H groups in total. The third kappa shape index (κ3) is 18.2. The first-order chi connectivity index (χ1) is 57.2. The molecule has 40 heteroatoms. The zero-order valence-electron chi connectivity index (χ0n) is 66.6. The Balaban J connectivity index is 0.000000134. The summed E-state index contributed by atoms with van der Waals surface area (Å²) in [6.45, 7) is 3.54. The lowest BCUT2D eigenvalue weighted by molar-refractivity contribution is -0.159. The van der Waals surface area contributed by atoms with Crippen molar-refractivity contribution < 1.29 is 85.4 Å². The van der Waals surface area contributed by atoms with Gasteiger partial charge < -0.3 is 115 Å². The quantitative estimate of drug-likeness (QED) is 0.0217. The Hall–Kier alpha value is -10.2. The predicted molar refractivity (Wildman–Crippen MR) is 426 cm³/mol. The maximum atomic E-state index is 13.2. The van der Waals surface area contributed by atoms with Gasteiger partial charge in [-0.05, 0) is 145 Å². The summed E-state index contributed by atoms with van der Waals surface area (Å²) < 4.78 is 116. The number of likely N-dealkylation sites (N-methyl/N-ethyl adjacent to an activating group) is 3. The zero-order valence-corrected chi connectivity index (χ0v) is 66.6. The van der Waals surface area contributed by atoms with E-state index in [0.29, 0.717) is 154 Å². The maximum absolute atomic E-state index is 13.2. The van der Waals surface area contributed by atoms with Gasteiger partial charge in [0.25, 0.3) is 0 Å². The fourth-order valence-electron chi connectivity index (χ4n) is 17.3. The minimum atomic E-state index is -3.24. The number of rotatable bonds is 27. The number of halogens is 6. The minimum absolute atomic E-state index is 0.0901. The molecule has 3 aromatic carbocycles. The lowest BCUT2D eigenvalue weighted by atomic mass is 9.76. The molecular weight excluding hydrogens is 1580 g/mol.